The minimum Gasteiger partial charge on any atom is -0.464 e. The summed E-state index contributed by atoms with van der Waals surface area (Å²) in [6, 6.07) is 6.65. The molecular weight excluding hydrogens is 462 g/mol. The number of esters is 1. The molecule has 2 amide bonds. The van der Waals surface area contributed by atoms with Crippen molar-refractivity contribution < 1.29 is 23.5 Å². The smallest absolute Gasteiger partial charge is 0.328 e. The molecule has 0 unspecified atom stereocenters. The first-order chi connectivity index (χ1) is 17.3. The molecule has 36 heavy (non-hydrogen) atoms. The van der Waals surface area contributed by atoms with E-state index in [4.69, 9.17) is 9.15 Å². The molecule has 4 rings (SSSR count). The molecule has 10 nitrogen and oxygen atoms in total. The number of carbonyl (C=O) groups is 3. The summed E-state index contributed by atoms with van der Waals surface area (Å²) in [5, 5.41) is 14.0. The van der Waals surface area contributed by atoms with Crippen LogP contribution in [0.25, 0.3) is 11.5 Å². The van der Waals surface area contributed by atoms with E-state index >= 15 is 0 Å². The van der Waals surface area contributed by atoms with Crippen molar-refractivity contribution in [3.63, 3.8) is 0 Å². The van der Waals surface area contributed by atoms with Crippen LogP contribution in [0.1, 0.15) is 63.1 Å². The number of benzene rings is 1. The molecule has 2 N–H and O–H groups in total. The highest BCUT2D eigenvalue weighted by atomic mass is 16.5. The largest absolute Gasteiger partial charge is 0.464 e. The van der Waals surface area contributed by atoms with Crippen LogP contribution in [0.3, 0.4) is 0 Å². The minimum atomic E-state index is -0.798. The number of amides is 2. The molecule has 1 fully saturated rings. The van der Waals surface area contributed by atoms with Gasteiger partial charge >= 0.3 is 5.97 Å². The standard InChI is InChI=1S/C26H31N5O5/c1-5-35-26(34)22(14(2)3)29-24(33)21-13-27-25(36-21)18-8-6-7-17(11-18)19-12-20(31-30-19)23(32)28-15(4)16-9-10-16/h6-8,11,13-16,22H,5,9-10,12H2,1-4H3,(H,28,32)(H,29,33)/t15-,22-/m0/s1. The molecule has 1 aliphatic carbocycles. The summed E-state index contributed by atoms with van der Waals surface area (Å²) in [5.74, 6) is -0.613. The molecule has 2 atom stereocenters. The van der Waals surface area contributed by atoms with Crippen molar-refractivity contribution in [3.8, 4) is 11.5 Å². The maximum Gasteiger partial charge on any atom is 0.328 e. The Kier molecular flexibility index (Phi) is 7.61. The van der Waals surface area contributed by atoms with Crippen molar-refractivity contribution in [2.45, 2.75) is 59.0 Å². The van der Waals surface area contributed by atoms with Crippen LogP contribution in [0.4, 0.5) is 0 Å². The lowest BCUT2D eigenvalue weighted by atomic mass is 10.0. The normalized spacial score (nSPS) is 16.7. The highest BCUT2D eigenvalue weighted by Crippen LogP contribution is 2.32. The summed E-state index contributed by atoms with van der Waals surface area (Å²) in [6.45, 7) is 7.58. The first-order valence-electron chi connectivity index (χ1n) is 12.2. The molecule has 0 bridgehead atoms. The Hall–Kier alpha value is -3.82. The SMILES string of the molecule is CCOC(=O)[C@@H](NC(=O)c1cnc(-c2cccc(C3=NN=C(C(=O)N[C@@H](C)C4CC4)C3)c2)o1)C(C)C. The molecule has 2 aromatic rings. The summed E-state index contributed by atoms with van der Waals surface area (Å²) >= 11 is 0. The van der Waals surface area contributed by atoms with Gasteiger partial charge in [-0.15, -0.1) is 5.10 Å². The van der Waals surface area contributed by atoms with Gasteiger partial charge < -0.3 is 19.8 Å². The zero-order chi connectivity index (χ0) is 25.8. The zero-order valence-electron chi connectivity index (χ0n) is 20.9. The Bertz CT molecular complexity index is 1210. The van der Waals surface area contributed by atoms with E-state index in [-0.39, 0.29) is 36.1 Å². The van der Waals surface area contributed by atoms with E-state index in [1.54, 1.807) is 13.0 Å². The van der Waals surface area contributed by atoms with Gasteiger partial charge in [-0.3, -0.25) is 9.59 Å². The number of rotatable bonds is 10. The fourth-order valence-corrected chi connectivity index (χ4v) is 3.93. The lowest BCUT2D eigenvalue weighted by Gasteiger charge is -2.19. The van der Waals surface area contributed by atoms with Crippen LogP contribution < -0.4 is 10.6 Å². The number of hydrogen-bond acceptors (Lipinski definition) is 8. The molecule has 1 aromatic heterocycles. The number of hydrogen-bond donors (Lipinski definition) is 2. The summed E-state index contributed by atoms with van der Waals surface area (Å²) in [4.78, 5) is 41.6. The third-order valence-electron chi connectivity index (χ3n) is 6.24. The first kappa shape index (κ1) is 25.3. The summed E-state index contributed by atoms with van der Waals surface area (Å²) in [5.41, 5.74) is 2.47. The third-order valence-corrected chi connectivity index (χ3v) is 6.24. The van der Waals surface area contributed by atoms with Gasteiger partial charge in [0.1, 0.15) is 11.8 Å². The van der Waals surface area contributed by atoms with Gasteiger partial charge in [0.05, 0.1) is 18.5 Å². The van der Waals surface area contributed by atoms with Crippen LogP contribution in [0, 0.1) is 11.8 Å². The van der Waals surface area contributed by atoms with Crippen LogP contribution in [0.2, 0.25) is 0 Å². The average molecular weight is 494 g/mol. The average Bonchev–Trinajstić information content (AvgIpc) is 3.38. The van der Waals surface area contributed by atoms with Gasteiger partial charge in [-0.1, -0.05) is 26.0 Å². The Morgan fingerprint density at radius 3 is 2.53 bits per heavy atom. The number of oxazole rings is 1. The molecule has 1 aliphatic heterocycles. The molecule has 2 aliphatic rings. The van der Waals surface area contributed by atoms with Gasteiger partial charge in [0.25, 0.3) is 11.8 Å². The second kappa shape index (κ2) is 10.8. The molecule has 1 saturated carbocycles. The molecule has 190 valence electrons. The Labute approximate surface area is 209 Å². The molecular formula is C26H31N5O5. The highest BCUT2D eigenvalue weighted by Gasteiger charge is 2.31. The predicted octanol–water partition coefficient (Wildman–Crippen LogP) is 3.12. The third kappa shape index (κ3) is 5.87. The van der Waals surface area contributed by atoms with Gasteiger partial charge in [-0.05, 0) is 56.2 Å². The molecule has 10 heteroatoms. The van der Waals surface area contributed by atoms with E-state index in [0.717, 1.165) is 18.4 Å². The summed E-state index contributed by atoms with van der Waals surface area (Å²) in [6.07, 6.45) is 3.95. The van der Waals surface area contributed by atoms with Gasteiger partial charge in [0.2, 0.25) is 11.7 Å². The van der Waals surface area contributed by atoms with Gasteiger partial charge in [0.15, 0.2) is 0 Å². The van der Waals surface area contributed by atoms with Crippen molar-refractivity contribution in [3.05, 3.63) is 41.8 Å². The van der Waals surface area contributed by atoms with Gasteiger partial charge in [-0.25, -0.2) is 9.78 Å². The lowest BCUT2D eigenvalue weighted by Crippen LogP contribution is -2.45. The van der Waals surface area contributed by atoms with E-state index in [1.807, 2.05) is 39.0 Å². The number of nitrogens with one attached hydrogen (secondary N) is 2. The molecule has 0 spiro atoms. The number of carbonyl (C=O) groups excluding carboxylic acids is 3. The second-order valence-corrected chi connectivity index (χ2v) is 9.43. The van der Waals surface area contributed by atoms with Crippen LogP contribution in [-0.2, 0) is 14.3 Å². The first-order valence-corrected chi connectivity index (χ1v) is 12.2. The number of nitrogens with zero attached hydrogens (tertiary/aromatic N) is 3. The van der Waals surface area contributed by atoms with Crippen LogP contribution >= 0.6 is 0 Å². The quantitative estimate of drug-likeness (QED) is 0.488. The van der Waals surface area contributed by atoms with Crippen molar-refractivity contribution in [2.75, 3.05) is 6.61 Å². The van der Waals surface area contributed by atoms with Gasteiger partial charge in [0, 0.05) is 18.0 Å². The van der Waals surface area contributed by atoms with E-state index in [9.17, 15) is 14.4 Å². The van der Waals surface area contributed by atoms with Crippen LogP contribution in [0.5, 0.6) is 0 Å². The maximum atomic E-state index is 12.7. The zero-order valence-corrected chi connectivity index (χ0v) is 20.9. The fraction of sp³-hybridized carbons (Fsp3) is 0.462. The number of aromatic nitrogens is 1. The Balaban J connectivity index is 1.40. The predicted molar refractivity (Wildman–Crippen MR) is 134 cm³/mol. The fourth-order valence-electron chi connectivity index (χ4n) is 3.93. The topological polar surface area (TPSA) is 135 Å². The van der Waals surface area contributed by atoms with Crippen LogP contribution in [-0.4, -0.2) is 52.9 Å². The molecule has 0 saturated heterocycles. The van der Waals surface area contributed by atoms with E-state index in [1.165, 1.54) is 6.20 Å². The van der Waals surface area contributed by atoms with Gasteiger partial charge in [-0.2, -0.15) is 5.10 Å². The second-order valence-electron chi connectivity index (χ2n) is 9.43. The summed E-state index contributed by atoms with van der Waals surface area (Å²) < 4.78 is 10.7. The lowest BCUT2D eigenvalue weighted by molar-refractivity contribution is -0.146. The Morgan fingerprint density at radius 1 is 1.08 bits per heavy atom. The van der Waals surface area contributed by atoms with E-state index < -0.39 is 17.9 Å². The maximum absolute atomic E-state index is 12.7. The summed E-state index contributed by atoms with van der Waals surface area (Å²) in [7, 11) is 0. The molecule has 0 radical (unpaired) electrons. The van der Waals surface area contributed by atoms with Crippen LogP contribution in [0.15, 0.2) is 45.1 Å². The van der Waals surface area contributed by atoms with Crippen molar-refractivity contribution in [1.82, 2.24) is 15.6 Å². The van der Waals surface area contributed by atoms with Crippen molar-refractivity contribution in [2.24, 2.45) is 22.0 Å². The van der Waals surface area contributed by atoms with E-state index in [2.05, 4.69) is 25.8 Å². The monoisotopic (exact) mass is 493 g/mol. The highest BCUT2D eigenvalue weighted by molar-refractivity contribution is 6.44. The minimum absolute atomic E-state index is 0.0179. The van der Waals surface area contributed by atoms with Crippen molar-refractivity contribution in [1.29, 1.82) is 0 Å². The van der Waals surface area contributed by atoms with Crippen molar-refractivity contribution >= 4 is 29.2 Å². The molecule has 1 aromatic carbocycles. The van der Waals surface area contributed by atoms with E-state index in [0.29, 0.717) is 29.3 Å². The molecule has 2 heterocycles. The Morgan fingerprint density at radius 2 is 1.83 bits per heavy atom. The number of ether oxygens (including phenoxy) is 1.